The van der Waals surface area contributed by atoms with Crippen LogP contribution in [0.5, 0.6) is 0 Å². The number of thiophene rings is 1. The Bertz CT molecular complexity index is 663. The predicted octanol–water partition coefficient (Wildman–Crippen LogP) is 3.62. The third kappa shape index (κ3) is 3.70. The van der Waals surface area contributed by atoms with Gasteiger partial charge in [0, 0.05) is 18.5 Å². The number of hydrogen-bond donors (Lipinski definition) is 2. The molecule has 1 fully saturated rings. The highest BCUT2D eigenvalue weighted by molar-refractivity contribution is 7.10. The van der Waals surface area contributed by atoms with Crippen molar-refractivity contribution in [1.82, 2.24) is 0 Å². The number of benzene rings is 1. The van der Waals surface area contributed by atoms with Crippen LogP contribution < -0.4 is 10.2 Å². The molecule has 1 saturated heterocycles. The summed E-state index contributed by atoms with van der Waals surface area (Å²) in [5.41, 5.74) is 2.19. The van der Waals surface area contributed by atoms with E-state index in [0.29, 0.717) is 12.0 Å². The molecule has 0 radical (unpaired) electrons. The third-order valence-corrected chi connectivity index (χ3v) is 6.07. The van der Waals surface area contributed by atoms with E-state index in [0.717, 1.165) is 12.2 Å². The number of nitrogens with one attached hydrogen (secondary N) is 2. The van der Waals surface area contributed by atoms with E-state index >= 15 is 0 Å². The standard InChI is InChI=1S/C20H26N2OS/c1-14(2)16-8-10-17(11-9-16)21-20(23)15(3)22-12-4-6-18(22)19-7-5-13-24-19/h5,7-11,13-15,18H,4,6,12H2,1-3H3,(H,21,23)/p+1/t15-,18+/m0/s1. The fraction of sp³-hybridized carbons (Fsp3) is 0.450. The number of likely N-dealkylation sites (tertiary alicyclic amines) is 1. The van der Waals surface area contributed by atoms with Crippen molar-refractivity contribution in [2.45, 2.75) is 51.6 Å². The lowest BCUT2D eigenvalue weighted by Gasteiger charge is -2.26. The first-order valence-corrected chi connectivity index (χ1v) is 9.74. The minimum atomic E-state index is -0.0376. The van der Waals surface area contributed by atoms with Crippen molar-refractivity contribution in [3.05, 3.63) is 52.2 Å². The monoisotopic (exact) mass is 343 g/mol. The lowest BCUT2D eigenvalue weighted by Crippen LogP contribution is -3.15. The van der Waals surface area contributed by atoms with Gasteiger partial charge in [-0.3, -0.25) is 4.79 Å². The largest absolute Gasteiger partial charge is 0.321 e. The average molecular weight is 344 g/mol. The van der Waals surface area contributed by atoms with Crippen molar-refractivity contribution in [2.24, 2.45) is 0 Å². The fourth-order valence-electron chi connectivity index (χ4n) is 3.57. The molecule has 0 spiro atoms. The van der Waals surface area contributed by atoms with Crippen molar-refractivity contribution >= 4 is 22.9 Å². The van der Waals surface area contributed by atoms with Gasteiger partial charge in [0.15, 0.2) is 6.04 Å². The number of amides is 1. The van der Waals surface area contributed by atoms with Crippen LogP contribution in [0.15, 0.2) is 41.8 Å². The van der Waals surface area contributed by atoms with Crippen molar-refractivity contribution in [2.75, 3.05) is 11.9 Å². The highest BCUT2D eigenvalue weighted by Gasteiger charge is 2.37. The number of hydrogen-bond acceptors (Lipinski definition) is 2. The van der Waals surface area contributed by atoms with Crippen LogP contribution in [0.3, 0.4) is 0 Å². The first kappa shape index (κ1) is 17.2. The van der Waals surface area contributed by atoms with Crippen molar-refractivity contribution in [1.29, 1.82) is 0 Å². The topological polar surface area (TPSA) is 33.5 Å². The van der Waals surface area contributed by atoms with E-state index < -0.39 is 0 Å². The highest BCUT2D eigenvalue weighted by atomic mass is 32.1. The number of rotatable bonds is 5. The van der Waals surface area contributed by atoms with E-state index in [-0.39, 0.29) is 11.9 Å². The van der Waals surface area contributed by atoms with Gasteiger partial charge in [0.1, 0.15) is 6.04 Å². The molecule has 1 aliphatic heterocycles. The molecule has 1 unspecified atom stereocenters. The summed E-state index contributed by atoms with van der Waals surface area (Å²) in [6.45, 7) is 7.48. The maximum atomic E-state index is 12.7. The van der Waals surface area contributed by atoms with Crippen molar-refractivity contribution < 1.29 is 9.69 Å². The molecule has 4 heteroatoms. The van der Waals surface area contributed by atoms with Gasteiger partial charge in [0.2, 0.25) is 0 Å². The number of anilines is 1. The van der Waals surface area contributed by atoms with Crippen LogP contribution in [-0.4, -0.2) is 18.5 Å². The van der Waals surface area contributed by atoms with Crippen LogP contribution in [0.1, 0.15) is 56.0 Å². The molecule has 3 nitrogen and oxygen atoms in total. The summed E-state index contributed by atoms with van der Waals surface area (Å²) in [5.74, 6) is 0.625. The summed E-state index contributed by atoms with van der Waals surface area (Å²) in [4.78, 5) is 15.5. The summed E-state index contributed by atoms with van der Waals surface area (Å²) < 4.78 is 0. The SMILES string of the molecule is CC(C)c1ccc(NC(=O)[C@H](C)[NH+]2CCC[C@@H]2c2cccs2)cc1. The lowest BCUT2D eigenvalue weighted by atomic mass is 10.0. The molecule has 0 aliphatic carbocycles. The summed E-state index contributed by atoms with van der Waals surface area (Å²) >= 11 is 1.81. The van der Waals surface area contributed by atoms with Crippen molar-refractivity contribution in [3.8, 4) is 0 Å². The molecule has 3 rings (SSSR count). The molecule has 1 amide bonds. The molecule has 0 saturated carbocycles. The number of quaternary nitrogens is 1. The molecule has 24 heavy (non-hydrogen) atoms. The van der Waals surface area contributed by atoms with E-state index in [1.54, 1.807) is 0 Å². The Balaban J connectivity index is 1.65. The van der Waals surface area contributed by atoms with E-state index in [4.69, 9.17) is 0 Å². The van der Waals surface area contributed by atoms with Crippen LogP contribution in [0.4, 0.5) is 5.69 Å². The fourth-order valence-corrected chi connectivity index (χ4v) is 4.48. The molecule has 3 atom stereocenters. The molecular formula is C20H27N2OS+. The highest BCUT2D eigenvalue weighted by Crippen LogP contribution is 2.24. The minimum Gasteiger partial charge on any atom is -0.321 e. The van der Waals surface area contributed by atoms with Gasteiger partial charge in [-0.25, -0.2) is 0 Å². The van der Waals surface area contributed by atoms with Crippen LogP contribution in [0, 0.1) is 0 Å². The van der Waals surface area contributed by atoms with Crippen LogP contribution in [-0.2, 0) is 4.79 Å². The van der Waals surface area contributed by atoms with Gasteiger partial charge < -0.3 is 10.2 Å². The van der Waals surface area contributed by atoms with E-state index in [9.17, 15) is 4.79 Å². The normalized spacial score (nSPS) is 21.8. The zero-order chi connectivity index (χ0) is 17.1. The van der Waals surface area contributed by atoms with Gasteiger partial charge >= 0.3 is 0 Å². The Labute approximate surface area is 148 Å². The van der Waals surface area contributed by atoms with Gasteiger partial charge in [0.05, 0.1) is 11.4 Å². The molecule has 2 N–H and O–H groups in total. The van der Waals surface area contributed by atoms with Crippen molar-refractivity contribution in [3.63, 3.8) is 0 Å². The molecule has 2 heterocycles. The smallest absolute Gasteiger partial charge is 0.282 e. The van der Waals surface area contributed by atoms with Crippen LogP contribution in [0.25, 0.3) is 0 Å². The maximum Gasteiger partial charge on any atom is 0.282 e. The zero-order valence-electron chi connectivity index (χ0n) is 14.7. The second-order valence-corrected chi connectivity index (χ2v) is 8.00. The summed E-state index contributed by atoms with van der Waals surface area (Å²) in [7, 11) is 0. The Morgan fingerprint density at radius 2 is 1.96 bits per heavy atom. The second kappa shape index (κ2) is 7.49. The Hall–Kier alpha value is -1.65. The lowest BCUT2D eigenvalue weighted by molar-refractivity contribution is -0.931. The van der Waals surface area contributed by atoms with Gasteiger partial charge in [-0.15, -0.1) is 11.3 Å². The summed E-state index contributed by atoms with van der Waals surface area (Å²) in [6, 6.07) is 13.0. The molecule has 0 bridgehead atoms. The molecule has 1 aromatic heterocycles. The van der Waals surface area contributed by atoms with Gasteiger partial charge in [-0.2, -0.15) is 0 Å². The molecule has 1 aromatic carbocycles. The average Bonchev–Trinajstić information content (AvgIpc) is 3.25. The Morgan fingerprint density at radius 3 is 2.58 bits per heavy atom. The van der Waals surface area contributed by atoms with Crippen LogP contribution >= 0.6 is 11.3 Å². The number of carbonyl (C=O) groups is 1. The van der Waals surface area contributed by atoms with E-state index in [1.807, 2.05) is 23.5 Å². The predicted molar refractivity (Wildman–Crippen MR) is 101 cm³/mol. The first-order valence-electron chi connectivity index (χ1n) is 8.86. The quantitative estimate of drug-likeness (QED) is 0.854. The molecule has 128 valence electrons. The molecule has 1 aliphatic rings. The summed E-state index contributed by atoms with van der Waals surface area (Å²) in [5, 5.41) is 5.23. The minimum absolute atomic E-state index is 0.0376. The summed E-state index contributed by atoms with van der Waals surface area (Å²) in [6.07, 6.45) is 2.37. The number of carbonyl (C=O) groups excluding carboxylic acids is 1. The Morgan fingerprint density at radius 1 is 1.21 bits per heavy atom. The van der Waals surface area contributed by atoms with Gasteiger partial charge in [-0.05, 0) is 42.0 Å². The first-order chi connectivity index (χ1) is 11.6. The third-order valence-electron chi connectivity index (χ3n) is 5.09. The Kier molecular flexibility index (Phi) is 5.36. The molecule has 2 aromatic rings. The zero-order valence-corrected chi connectivity index (χ0v) is 15.5. The second-order valence-electron chi connectivity index (χ2n) is 7.02. The molecular weight excluding hydrogens is 316 g/mol. The van der Waals surface area contributed by atoms with Crippen LogP contribution in [0.2, 0.25) is 0 Å². The maximum absolute atomic E-state index is 12.7. The van der Waals surface area contributed by atoms with E-state index in [2.05, 4.69) is 55.7 Å². The van der Waals surface area contributed by atoms with E-state index in [1.165, 1.54) is 28.2 Å². The van der Waals surface area contributed by atoms with Gasteiger partial charge in [-0.1, -0.05) is 32.0 Å². The van der Waals surface area contributed by atoms with Gasteiger partial charge in [0.25, 0.3) is 5.91 Å².